The smallest absolute Gasteiger partial charge is 0.243 e. The summed E-state index contributed by atoms with van der Waals surface area (Å²) in [4.78, 5) is 15.3. The fourth-order valence-corrected chi connectivity index (χ4v) is 5.75. The minimum Gasteiger partial charge on any atom is -0.469 e. The Labute approximate surface area is 187 Å². The number of rotatable bonds is 6. The summed E-state index contributed by atoms with van der Waals surface area (Å²) in [5.74, 6) is 0.569. The van der Waals surface area contributed by atoms with Gasteiger partial charge in [0.05, 0.1) is 49.0 Å². The number of furan rings is 1. The van der Waals surface area contributed by atoms with Gasteiger partial charge in [-0.3, -0.25) is 4.79 Å². The molecule has 172 valence electrons. The maximum Gasteiger partial charge on any atom is 0.243 e. The Morgan fingerprint density at radius 3 is 2.41 bits per heavy atom. The summed E-state index contributed by atoms with van der Waals surface area (Å²) in [6.45, 7) is 3.93. The third-order valence-corrected chi connectivity index (χ3v) is 8.12. The number of hydrogen-bond acceptors (Lipinski definition) is 7. The van der Waals surface area contributed by atoms with Gasteiger partial charge in [0.1, 0.15) is 5.76 Å². The van der Waals surface area contributed by atoms with Crippen LogP contribution < -0.4 is 10.2 Å². The number of nitrogens with zero attached hydrogens (tertiary/aromatic N) is 2. The molecule has 2 aromatic rings. The van der Waals surface area contributed by atoms with Crippen molar-refractivity contribution in [2.45, 2.75) is 17.2 Å². The van der Waals surface area contributed by atoms with Crippen LogP contribution in [0.25, 0.3) is 0 Å². The van der Waals surface area contributed by atoms with Crippen molar-refractivity contribution in [3.05, 3.63) is 42.4 Å². The normalized spacial score (nSPS) is 24.3. The van der Waals surface area contributed by atoms with Crippen molar-refractivity contribution in [2.24, 2.45) is 5.92 Å². The van der Waals surface area contributed by atoms with Crippen molar-refractivity contribution >= 4 is 27.3 Å². The highest BCUT2D eigenvalue weighted by atomic mass is 32.2. The molecular formula is C22H27N3O6S. The molecule has 2 saturated heterocycles. The van der Waals surface area contributed by atoms with Crippen molar-refractivity contribution in [3.63, 3.8) is 0 Å². The summed E-state index contributed by atoms with van der Waals surface area (Å²) < 4.78 is 44.0. The highest BCUT2D eigenvalue weighted by molar-refractivity contribution is 7.89. The molecule has 2 unspecified atom stereocenters. The number of morpholine rings is 2. The molecule has 3 heterocycles. The van der Waals surface area contributed by atoms with Crippen LogP contribution in [0.1, 0.15) is 18.1 Å². The maximum absolute atomic E-state index is 13.2. The zero-order valence-electron chi connectivity index (χ0n) is 17.7. The topological polar surface area (TPSA) is 101 Å². The van der Waals surface area contributed by atoms with Crippen molar-refractivity contribution < 1.29 is 27.1 Å². The second-order valence-electron chi connectivity index (χ2n) is 8.25. The molecule has 3 fully saturated rings. The molecule has 1 saturated carbocycles. The molecular weight excluding hydrogens is 434 g/mol. The number of carbonyl (C=O) groups is 1. The van der Waals surface area contributed by atoms with E-state index >= 15 is 0 Å². The van der Waals surface area contributed by atoms with E-state index in [-0.39, 0.29) is 22.6 Å². The Balaban J connectivity index is 1.41. The van der Waals surface area contributed by atoms with Gasteiger partial charge in [0.2, 0.25) is 15.9 Å². The highest BCUT2D eigenvalue weighted by Crippen LogP contribution is 2.48. The standard InChI is InChI=1S/C22H27N3O6S/c26-22(18-15-17(18)21-2-1-9-31-21)23-19-14-16(32(27,28)25-7-12-30-13-8-25)3-4-20(19)24-5-10-29-11-6-24/h1-4,9,14,17-18H,5-8,10-13,15H2,(H,23,26). The van der Waals surface area contributed by atoms with Crippen molar-refractivity contribution in [1.82, 2.24) is 4.31 Å². The third-order valence-electron chi connectivity index (χ3n) is 6.22. The molecule has 1 aliphatic carbocycles. The first-order valence-electron chi connectivity index (χ1n) is 10.9. The molecule has 10 heteroatoms. The Morgan fingerprint density at radius 2 is 1.72 bits per heavy atom. The second kappa shape index (κ2) is 8.86. The first-order chi connectivity index (χ1) is 15.5. The Morgan fingerprint density at radius 1 is 1.00 bits per heavy atom. The van der Waals surface area contributed by atoms with E-state index in [1.54, 1.807) is 24.5 Å². The lowest BCUT2D eigenvalue weighted by Gasteiger charge is -2.31. The molecule has 2 aliphatic heterocycles. The van der Waals surface area contributed by atoms with Crippen LogP contribution in [0.15, 0.2) is 45.9 Å². The van der Waals surface area contributed by atoms with E-state index in [0.717, 1.165) is 17.9 Å². The number of sulfonamides is 1. The molecule has 32 heavy (non-hydrogen) atoms. The van der Waals surface area contributed by atoms with Gasteiger partial charge >= 0.3 is 0 Å². The Hall–Kier alpha value is -2.40. The van der Waals surface area contributed by atoms with Gasteiger partial charge in [-0.25, -0.2) is 8.42 Å². The van der Waals surface area contributed by atoms with Crippen LogP contribution in [0.3, 0.4) is 0 Å². The Kier molecular flexibility index (Phi) is 5.93. The molecule has 0 radical (unpaired) electrons. The predicted octanol–water partition coefficient (Wildman–Crippen LogP) is 1.88. The first-order valence-corrected chi connectivity index (χ1v) is 12.4. The van der Waals surface area contributed by atoms with Gasteiger partial charge < -0.3 is 24.1 Å². The van der Waals surface area contributed by atoms with Crippen LogP contribution in [0, 0.1) is 5.92 Å². The number of ether oxygens (including phenoxy) is 2. The minimum atomic E-state index is -3.67. The lowest BCUT2D eigenvalue weighted by Crippen LogP contribution is -2.40. The minimum absolute atomic E-state index is 0.0668. The van der Waals surface area contributed by atoms with Crippen molar-refractivity contribution in [1.29, 1.82) is 0 Å². The largest absolute Gasteiger partial charge is 0.469 e. The zero-order valence-corrected chi connectivity index (χ0v) is 18.6. The number of benzene rings is 1. The molecule has 0 spiro atoms. The van der Waals surface area contributed by atoms with Gasteiger partial charge in [-0.05, 0) is 36.8 Å². The number of anilines is 2. The van der Waals surface area contributed by atoms with Crippen molar-refractivity contribution in [3.8, 4) is 0 Å². The highest BCUT2D eigenvalue weighted by Gasteiger charge is 2.46. The number of carbonyl (C=O) groups excluding carboxylic acids is 1. The summed E-state index contributed by atoms with van der Waals surface area (Å²) >= 11 is 0. The summed E-state index contributed by atoms with van der Waals surface area (Å²) in [6.07, 6.45) is 2.33. The molecule has 3 aliphatic rings. The van der Waals surface area contributed by atoms with Crippen LogP contribution in [-0.4, -0.2) is 71.2 Å². The van der Waals surface area contributed by atoms with Gasteiger partial charge in [0, 0.05) is 38.0 Å². The molecule has 5 rings (SSSR count). The van der Waals surface area contributed by atoms with E-state index < -0.39 is 10.0 Å². The quantitative estimate of drug-likeness (QED) is 0.701. The lowest BCUT2D eigenvalue weighted by molar-refractivity contribution is -0.117. The molecule has 1 amide bonds. The van der Waals surface area contributed by atoms with E-state index in [2.05, 4.69) is 10.2 Å². The van der Waals surface area contributed by atoms with Crippen LogP contribution in [0.2, 0.25) is 0 Å². The number of amides is 1. The van der Waals surface area contributed by atoms with Crippen LogP contribution in [0.5, 0.6) is 0 Å². The molecule has 2 atom stereocenters. The zero-order chi connectivity index (χ0) is 22.1. The van der Waals surface area contributed by atoms with E-state index in [1.165, 1.54) is 4.31 Å². The monoisotopic (exact) mass is 461 g/mol. The first kappa shape index (κ1) is 21.4. The Bertz CT molecular complexity index is 1060. The number of nitrogens with one attached hydrogen (secondary N) is 1. The summed E-state index contributed by atoms with van der Waals surface area (Å²) in [7, 11) is -3.67. The van der Waals surface area contributed by atoms with Crippen LogP contribution in [0.4, 0.5) is 11.4 Å². The fourth-order valence-electron chi connectivity index (χ4n) is 4.32. The van der Waals surface area contributed by atoms with Crippen LogP contribution >= 0.6 is 0 Å². The van der Waals surface area contributed by atoms with Crippen LogP contribution in [-0.2, 0) is 24.3 Å². The average molecular weight is 462 g/mol. The van der Waals surface area contributed by atoms with Gasteiger partial charge in [0.15, 0.2) is 0 Å². The summed E-state index contributed by atoms with van der Waals surface area (Å²) in [5.41, 5.74) is 1.31. The van der Waals surface area contributed by atoms with Gasteiger partial charge in [-0.1, -0.05) is 0 Å². The molecule has 1 aromatic heterocycles. The van der Waals surface area contributed by atoms with Gasteiger partial charge in [0.25, 0.3) is 0 Å². The molecule has 1 aromatic carbocycles. The van der Waals surface area contributed by atoms with E-state index in [0.29, 0.717) is 58.3 Å². The number of hydrogen-bond donors (Lipinski definition) is 1. The van der Waals surface area contributed by atoms with Gasteiger partial charge in [-0.2, -0.15) is 4.31 Å². The van der Waals surface area contributed by atoms with Gasteiger partial charge in [-0.15, -0.1) is 0 Å². The molecule has 9 nitrogen and oxygen atoms in total. The van der Waals surface area contributed by atoms with Crippen molar-refractivity contribution in [2.75, 3.05) is 62.8 Å². The van der Waals surface area contributed by atoms with E-state index in [1.807, 2.05) is 12.1 Å². The summed E-state index contributed by atoms with van der Waals surface area (Å²) in [5, 5.41) is 3.01. The fraction of sp³-hybridized carbons (Fsp3) is 0.500. The third kappa shape index (κ3) is 4.27. The maximum atomic E-state index is 13.2. The van der Waals surface area contributed by atoms with E-state index in [4.69, 9.17) is 13.9 Å². The second-order valence-corrected chi connectivity index (χ2v) is 10.2. The average Bonchev–Trinajstić information content (AvgIpc) is 3.45. The lowest BCUT2D eigenvalue weighted by atomic mass is 10.2. The molecule has 1 N–H and O–H groups in total. The van der Waals surface area contributed by atoms with E-state index in [9.17, 15) is 13.2 Å². The SMILES string of the molecule is O=C(Nc1cc(S(=O)(=O)N2CCOCC2)ccc1N1CCOCC1)C1CC1c1ccco1. The summed E-state index contributed by atoms with van der Waals surface area (Å²) in [6, 6.07) is 8.68. The predicted molar refractivity (Wildman–Crippen MR) is 117 cm³/mol. The molecule has 0 bridgehead atoms.